The SMILES string of the molecule is COc1ccc(C(C)N=Nc2ccccc2)cc1. The zero-order valence-electron chi connectivity index (χ0n) is 10.6. The van der Waals surface area contributed by atoms with Gasteiger partial charge in [0.1, 0.15) is 5.75 Å². The van der Waals surface area contributed by atoms with Crippen molar-refractivity contribution in [3.63, 3.8) is 0 Å². The average molecular weight is 240 g/mol. The summed E-state index contributed by atoms with van der Waals surface area (Å²) in [4.78, 5) is 0. The fraction of sp³-hybridized carbons (Fsp3) is 0.200. The molecule has 3 nitrogen and oxygen atoms in total. The van der Waals surface area contributed by atoms with Crippen LogP contribution >= 0.6 is 0 Å². The maximum atomic E-state index is 5.12. The van der Waals surface area contributed by atoms with Gasteiger partial charge in [-0.1, -0.05) is 30.3 Å². The molecule has 2 rings (SSSR count). The van der Waals surface area contributed by atoms with Crippen LogP contribution < -0.4 is 4.74 Å². The second-order valence-corrected chi connectivity index (χ2v) is 4.00. The zero-order valence-corrected chi connectivity index (χ0v) is 10.6. The lowest BCUT2D eigenvalue weighted by Gasteiger charge is -2.06. The van der Waals surface area contributed by atoms with E-state index < -0.39 is 0 Å². The molecule has 0 fully saturated rings. The topological polar surface area (TPSA) is 34.0 Å². The van der Waals surface area contributed by atoms with Gasteiger partial charge in [0.05, 0.1) is 18.8 Å². The van der Waals surface area contributed by atoms with Crippen molar-refractivity contribution in [3.8, 4) is 5.75 Å². The van der Waals surface area contributed by atoms with Crippen LogP contribution in [0.15, 0.2) is 64.8 Å². The van der Waals surface area contributed by atoms with Crippen LogP contribution in [0.25, 0.3) is 0 Å². The van der Waals surface area contributed by atoms with E-state index in [-0.39, 0.29) is 6.04 Å². The van der Waals surface area contributed by atoms with Gasteiger partial charge in [0.15, 0.2) is 0 Å². The molecule has 0 aromatic heterocycles. The molecule has 0 saturated carbocycles. The van der Waals surface area contributed by atoms with E-state index in [9.17, 15) is 0 Å². The molecule has 0 heterocycles. The van der Waals surface area contributed by atoms with Crippen molar-refractivity contribution in [3.05, 3.63) is 60.2 Å². The lowest BCUT2D eigenvalue weighted by Crippen LogP contribution is -1.89. The fourth-order valence-electron chi connectivity index (χ4n) is 1.60. The van der Waals surface area contributed by atoms with Crippen molar-refractivity contribution in [2.45, 2.75) is 13.0 Å². The van der Waals surface area contributed by atoms with Crippen molar-refractivity contribution < 1.29 is 4.74 Å². The third-order valence-corrected chi connectivity index (χ3v) is 2.70. The molecular formula is C15H16N2O. The molecule has 18 heavy (non-hydrogen) atoms. The van der Waals surface area contributed by atoms with E-state index in [1.165, 1.54) is 0 Å². The van der Waals surface area contributed by atoms with Crippen molar-refractivity contribution >= 4 is 5.69 Å². The molecule has 92 valence electrons. The molecule has 0 aliphatic rings. The molecule has 0 amide bonds. The summed E-state index contributed by atoms with van der Waals surface area (Å²) in [5.74, 6) is 0.853. The van der Waals surface area contributed by atoms with Gasteiger partial charge in [-0.15, -0.1) is 0 Å². The van der Waals surface area contributed by atoms with Gasteiger partial charge in [0.25, 0.3) is 0 Å². The number of azo groups is 1. The minimum absolute atomic E-state index is 0.0381. The van der Waals surface area contributed by atoms with Crippen LogP contribution in [0.5, 0.6) is 5.75 Å². The summed E-state index contributed by atoms with van der Waals surface area (Å²) in [5, 5.41) is 8.52. The van der Waals surface area contributed by atoms with Crippen molar-refractivity contribution in [2.24, 2.45) is 10.2 Å². The number of rotatable bonds is 4. The van der Waals surface area contributed by atoms with E-state index in [0.29, 0.717) is 0 Å². The van der Waals surface area contributed by atoms with Crippen molar-refractivity contribution in [1.82, 2.24) is 0 Å². The number of ether oxygens (including phenoxy) is 1. The largest absolute Gasteiger partial charge is 0.497 e. The molecule has 0 bridgehead atoms. The Hall–Kier alpha value is -2.16. The highest BCUT2D eigenvalue weighted by Gasteiger charge is 2.03. The Morgan fingerprint density at radius 1 is 0.944 bits per heavy atom. The van der Waals surface area contributed by atoms with E-state index in [1.54, 1.807) is 7.11 Å². The average Bonchev–Trinajstić information content (AvgIpc) is 2.46. The molecule has 2 aromatic carbocycles. The van der Waals surface area contributed by atoms with Gasteiger partial charge in [0.2, 0.25) is 0 Å². The quantitative estimate of drug-likeness (QED) is 0.722. The predicted molar refractivity (Wildman–Crippen MR) is 72.4 cm³/mol. The monoisotopic (exact) mass is 240 g/mol. The van der Waals surface area contributed by atoms with Crippen LogP contribution in [0.3, 0.4) is 0 Å². The van der Waals surface area contributed by atoms with E-state index in [0.717, 1.165) is 17.0 Å². The maximum Gasteiger partial charge on any atom is 0.118 e. The van der Waals surface area contributed by atoms with Crippen LogP contribution in [0.2, 0.25) is 0 Å². The Morgan fingerprint density at radius 2 is 1.61 bits per heavy atom. The number of methoxy groups -OCH3 is 1. The van der Waals surface area contributed by atoms with E-state index in [4.69, 9.17) is 4.74 Å². The first-order valence-corrected chi connectivity index (χ1v) is 5.89. The summed E-state index contributed by atoms with van der Waals surface area (Å²) in [6.45, 7) is 2.02. The zero-order chi connectivity index (χ0) is 12.8. The van der Waals surface area contributed by atoms with E-state index in [1.807, 2.05) is 61.5 Å². The highest BCUT2D eigenvalue weighted by Crippen LogP contribution is 2.22. The van der Waals surface area contributed by atoms with E-state index in [2.05, 4.69) is 10.2 Å². The summed E-state index contributed by atoms with van der Waals surface area (Å²) in [6, 6.07) is 17.7. The smallest absolute Gasteiger partial charge is 0.118 e. The van der Waals surface area contributed by atoms with Gasteiger partial charge in [-0.3, -0.25) is 0 Å². The molecule has 0 aliphatic heterocycles. The first-order valence-electron chi connectivity index (χ1n) is 5.89. The number of hydrogen-bond acceptors (Lipinski definition) is 3. The summed E-state index contributed by atoms with van der Waals surface area (Å²) in [7, 11) is 1.66. The Labute approximate surface area is 107 Å². The van der Waals surface area contributed by atoms with Gasteiger partial charge in [-0.2, -0.15) is 10.2 Å². The van der Waals surface area contributed by atoms with Gasteiger partial charge in [0, 0.05) is 0 Å². The summed E-state index contributed by atoms with van der Waals surface area (Å²) in [5.41, 5.74) is 1.99. The lowest BCUT2D eigenvalue weighted by atomic mass is 10.1. The standard InChI is InChI=1S/C15H16N2O/c1-12(13-8-10-15(18-2)11-9-13)16-17-14-6-4-3-5-7-14/h3-12H,1-2H3. The van der Waals surface area contributed by atoms with Crippen molar-refractivity contribution in [2.75, 3.05) is 7.11 Å². The molecule has 1 unspecified atom stereocenters. The van der Waals surface area contributed by atoms with Gasteiger partial charge in [-0.25, -0.2) is 0 Å². The molecule has 0 spiro atoms. The Kier molecular flexibility index (Phi) is 4.07. The normalized spacial score (nSPS) is 12.6. The number of nitrogens with zero attached hydrogens (tertiary/aromatic N) is 2. The summed E-state index contributed by atoms with van der Waals surface area (Å²) < 4.78 is 5.12. The highest BCUT2D eigenvalue weighted by molar-refractivity contribution is 5.35. The number of hydrogen-bond donors (Lipinski definition) is 0. The highest BCUT2D eigenvalue weighted by atomic mass is 16.5. The minimum atomic E-state index is 0.0381. The van der Waals surface area contributed by atoms with Crippen LogP contribution in [0, 0.1) is 0 Å². The molecule has 0 radical (unpaired) electrons. The van der Waals surface area contributed by atoms with Gasteiger partial charge < -0.3 is 4.74 Å². The predicted octanol–water partition coefficient (Wildman–Crippen LogP) is 4.54. The van der Waals surface area contributed by atoms with Crippen LogP contribution in [-0.4, -0.2) is 7.11 Å². The first-order chi connectivity index (χ1) is 8.79. The third kappa shape index (κ3) is 3.17. The van der Waals surface area contributed by atoms with E-state index >= 15 is 0 Å². The molecule has 0 saturated heterocycles. The lowest BCUT2D eigenvalue weighted by molar-refractivity contribution is 0.414. The molecule has 0 N–H and O–H groups in total. The second kappa shape index (κ2) is 5.96. The Morgan fingerprint density at radius 3 is 2.22 bits per heavy atom. The minimum Gasteiger partial charge on any atom is -0.497 e. The molecule has 3 heteroatoms. The van der Waals surface area contributed by atoms with Crippen LogP contribution in [-0.2, 0) is 0 Å². The molecule has 2 aromatic rings. The number of benzene rings is 2. The third-order valence-electron chi connectivity index (χ3n) is 2.70. The van der Waals surface area contributed by atoms with Crippen LogP contribution in [0.1, 0.15) is 18.5 Å². The van der Waals surface area contributed by atoms with Gasteiger partial charge >= 0.3 is 0 Å². The Bertz CT molecular complexity index is 506. The van der Waals surface area contributed by atoms with Crippen LogP contribution in [0.4, 0.5) is 5.69 Å². The fourth-order valence-corrected chi connectivity index (χ4v) is 1.60. The summed E-state index contributed by atoms with van der Waals surface area (Å²) >= 11 is 0. The van der Waals surface area contributed by atoms with Crippen molar-refractivity contribution in [1.29, 1.82) is 0 Å². The molecule has 1 atom stereocenters. The molecule has 0 aliphatic carbocycles. The Balaban J connectivity index is 2.07. The second-order valence-electron chi connectivity index (χ2n) is 4.00. The first kappa shape index (κ1) is 12.3. The maximum absolute atomic E-state index is 5.12. The molecular weight excluding hydrogens is 224 g/mol. The van der Waals surface area contributed by atoms with Gasteiger partial charge in [-0.05, 0) is 36.8 Å². The summed E-state index contributed by atoms with van der Waals surface area (Å²) in [6.07, 6.45) is 0.